The summed E-state index contributed by atoms with van der Waals surface area (Å²) in [5.74, 6) is 0.182. The van der Waals surface area contributed by atoms with Gasteiger partial charge in [-0.25, -0.2) is 9.78 Å². The number of hydrogen-bond donors (Lipinski definition) is 3. The number of carbonyl (C=O) groups is 2. The van der Waals surface area contributed by atoms with E-state index in [1.807, 2.05) is 79.8 Å². The zero-order valence-electron chi connectivity index (χ0n) is 18.7. The molecular weight excluding hydrogens is 418 g/mol. The minimum atomic E-state index is -1.06. The summed E-state index contributed by atoms with van der Waals surface area (Å²) >= 11 is 0. The third-order valence-electron chi connectivity index (χ3n) is 5.17. The Balaban J connectivity index is 1.46. The van der Waals surface area contributed by atoms with Crippen LogP contribution in [-0.2, 0) is 28.9 Å². The maximum atomic E-state index is 12.2. The van der Waals surface area contributed by atoms with Crippen molar-refractivity contribution in [2.45, 2.75) is 31.7 Å². The van der Waals surface area contributed by atoms with E-state index in [0.29, 0.717) is 25.2 Å². The number of rotatable bonds is 12. The molecule has 1 heterocycles. The number of anilines is 1. The molecule has 0 aliphatic carbocycles. The standard InChI is InChI=1S/C26H29N3O4/c1-27-24-9-5-8-21(28-24)16-17-33-22-13-10-20(11-14-22)18-23(26(31)32)29-25(30)15-12-19-6-3-2-4-7-19/h2-11,13-14,23H,12,15-18H2,1H3,(H,27,28)(H,29,30)(H,31,32)/t23-/m0/s1. The first-order valence-electron chi connectivity index (χ1n) is 10.9. The lowest BCUT2D eigenvalue weighted by Gasteiger charge is -2.15. The summed E-state index contributed by atoms with van der Waals surface area (Å²) in [6.45, 7) is 0.481. The van der Waals surface area contributed by atoms with Gasteiger partial charge in [0, 0.05) is 32.0 Å². The summed E-state index contributed by atoms with van der Waals surface area (Å²) in [5, 5.41) is 15.2. The van der Waals surface area contributed by atoms with Crippen LogP contribution in [0.2, 0.25) is 0 Å². The fourth-order valence-corrected chi connectivity index (χ4v) is 3.36. The average molecular weight is 448 g/mol. The van der Waals surface area contributed by atoms with Gasteiger partial charge < -0.3 is 20.5 Å². The van der Waals surface area contributed by atoms with E-state index >= 15 is 0 Å². The number of pyridine rings is 1. The number of hydrogen-bond acceptors (Lipinski definition) is 5. The number of aliphatic carboxylic acids is 1. The second kappa shape index (κ2) is 12.2. The molecule has 3 aromatic rings. The summed E-state index contributed by atoms with van der Waals surface area (Å²) in [4.78, 5) is 28.4. The summed E-state index contributed by atoms with van der Waals surface area (Å²) < 4.78 is 5.78. The van der Waals surface area contributed by atoms with E-state index in [1.54, 1.807) is 0 Å². The Morgan fingerprint density at radius 1 is 0.939 bits per heavy atom. The second-order valence-corrected chi connectivity index (χ2v) is 7.65. The molecule has 2 aromatic carbocycles. The van der Waals surface area contributed by atoms with E-state index in [0.717, 1.165) is 22.6 Å². The van der Waals surface area contributed by atoms with Crippen molar-refractivity contribution in [1.82, 2.24) is 10.3 Å². The van der Waals surface area contributed by atoms with Crippen LogP contribution in [0.25, 0.3) is 0 Å². The zero-order chi connectivity index (χ0) is 23.5. The number of carboxylic acid groups (broad SMARTS) is 1. The number of nitrogens with zero attached hydrogens (tertiary/aromatic N) is 1. The van der Waals surface area contributed by atoms with Crippen molar-refractivity contribution in [3.05, 3.63) is 89.6 Å². The maximum absolute atomic E-state index is 12.2. The van der Waals surface area contributed by atoms with Crippen molar-refractivity contribution in [1.29, 1.82) is 0 Å². The molecule has 0 fully saturated rings. The number of nitrogens with one attached hydrogen (secondary N) is 2. The molecule has 0 saturated carbocycles. The van der Waals surface area contributed by atoms with Crippen molar-refractivity contribution in [3.8, 4) is 5.75 Å². The van der Waals surface area contributed by atoms with Crippen molar-refractivity contribution in [2.24, 2.45) is 0 Å². The lowest BCUT2D eigenvalue weighted by molar-refractivity contribution is -0.141. The maximum Gasteiger partial charge on any atom is 0.326 e. The molecular formula is C26H29N3O4. The third-order valence-corrected chi connectivity index (χ3v) is 5.17. The van der Waals surface area contributed by atoms with Gasteiger partial charge in [-0.15, -0.1) is 0 Å². The summed E-state index contributed by atoms with van der Waals surface area (Å²) in [7, 11) is 1.83. The van der Waals surface area contributed by atoms with Gasteiger partial charge in [0.1, 0.15) is 17.6 Å². The van der Waals surface area contributed by atoms with Crippen molar-refractivity contribution >= 4 is 17.7 Å². The van der Waals surface area contributed by atoms with Gasteiger partial charge in [0.05, 0.1) is 6.61 Å². The minimum absolute atomic E-state index is 0.202. The monoisotopic (exact) mass is 447 g/mol. The highest BCUT2D eigenvalue weighted by molar-refractivity contribution is 5.83. The molecule has 0 saturated heterocycles. The van der Waals surface area contributed by atoms with Crippen molar-refractivity contribution in [2.75, 3.05) is 19.0 Å². The van der Waals surface area contributed by atoms with E-state index in [1.165, 1.54) is 0 Å². The van der Waals surface area contributed by atoms with E-state index in [9.17, 15) is 14.7 Å². The van der Waals surface area contributed by atoms with Gasteiger partial charge in [0.2, 0.25) is 5.91 Å². The molecule has 7 nitrogen and oxygen atoms in total. The topological polar surface area (TPSA) is 101 Å². The molecule has 3 rings (SSSR count). The Kier molecular flexibility index (Phi) is 8.82. The van der Waals surface area contributed by atoms with Crippen LogP contribution >= 0.6 is 0 Å². The van der Waals surface area contributed by atoms with Crippen LogP contribution in [-0.4, -0.2) is 41.7 Å². The number of amides is 1. The number of benzene rings is 2. The zero-order valence-corrected chi connectivity index (χ0v) is 18.7. The Labute approximate surface area is 193 Å². The van der Waals surface area contributed by atoms with Crippen molar-refractivity contribution < 1.29 is 19.4 Å². The van der Waals surface area contributed by atoms with Crippen LogP contribution in [0.4, 0.5) is 5.82 Å². The lowest BCUT2D eigenvalue weighted by Crippen LogP contribution is -2.42. The fraction of sp³-hybridized carbons (Fsp3) is 0.269. The van der Waals surface area contributed by atoms with Crippen LogP contribution in [0.5, 0.6) is 5.75 Å². The highest BCUT2D eigenvalue weighted by atomic mass is 16.5. The summed E-state index contributed by atoms with van der Waals surface area (Å²) in [6, 6.07) is 21.7. The van der Waals surface area contributed by atoms with E-state index in [-0.39, 0.29) is 18.7 Å². The van der Waals surface area contributed by atoms with E-state index < -0.39 is 12.0 Å². The number of ether oxygens (including phenoxy) is 1. The van der Waals surface area contributed by atoms with E-state index in [2.05, 4.69) is 15.6 Å². The van der Waals surface area contributed by atoms with Gasteiger partial charge in [-0.2, -0.15) is 0 Å². The smallest absolute Gasteiger partial charge is 0.326 e. The molecule has 1 aromatic heterocycles. The highest BCUT2D eigenvalue weighted by Crippen LogP contribution is 2.15. The molecule has 33 heavy (non-hydrogen) atoms. The van der Waals surface area contributed by atoms with Crippen LogP contribution in [0.3, 0.4) is 0 Å². The molecule has 0 radical (unpaired) electrons. The van der Waals surface area contributed by atoms with E-state index in [4.69, 9.17) is 4.74 Å². The molecule has 1 amide bonds. The van der Waals surface area contributed by atoms with Crippen LogP contribution in [0.15, 0.2) is 72.8 Å². The Hall–Kier alpha value is -3.87. The van der Waals surface area contributed by atoms with Crippen molar-refractivity contribution in [3.63, 3.8) is 0 Å². The molecule has 0 aliphatic heterocycles. The number of aromatic nitrogens is 1. The number of carboxylic acids is 1. The predicted molar refractivity (Wildman–Crippen MR) is 127 cm³/mol. The van der Waals surface area contributed by atoms with Crippen LogP contribution < -0.4 is 15.4 Å². The first-order valence-corrected chi connectivity index (χ1v) is 10.9. The van der Waals surface area contributed by atoms with Gasteiger partial charge in [-0.3, -0.25) is 4.79 Å². The average Bonchev–Trinajstić information content (AvgIpc) is 2.84. The first kappa shape index (κ1) is 23.8. The van der Waals surface area contributed by atoms with Crippen LogP contribution in [0, 0.1) is 0 Å². The molecule has 7 heteroatoms. The highest BCUT2D eigenvalue weighted by Gasteiger charge is 2.20. The van der Waals surface area contributed by atoms with Gasteiger partial charge in [-0.1, -0.05) is 48.5 Å². The molecule has 1 atom stereocenters. The Bertz CT molecular complexity index is 1040. The predicted octanol–water partition coefficient (Wildman–Crippen LogP) is 3.49. The molecule has 0 aliphatic rings. The van der Waals surface area contributed by atoms with Gasteiger partial charge in [0.15, 0.2) is 0 Å². The molecule has 0 unspecified atom stereocenters. The van der Waals surface area contributed by atoms with Crippen LogP contribution in [0.1, 0.15) is 23.2 Å². The molecule has 0 bridgehead atoms. The largest absolute Gasteiger partial charge is 0.493 e. The SMILES string of the molecule is CNc1cccc(CCOc2ccc(C[C@H](NC(=O)CCc3ccccc3)C(=O)O)cc2)n1. The number of aryl methyl sites for hydroxylation is 1. The second-order valence-electron chi connectivity index (χ2n) is 7.65. The normalized spacial score (nSPS) is 11.4. The quantitative estimate of drug-likeness (QED) is 0.393. The fourth-order valence-electron chi connectivity index (χ4n) is 3.36. The minimum Gasteiger partial charge on any atom is -0.493 e. The Morgan fingerprint density at radius 2 is 1.70 bits per heavy atom. The third kappa shape index (κ3) is 7.96. The van der Waals surface area contributed by atoms with Gasteiger partial charge >= 0.3 is 5.97 Å². The molecule has 172 valence electrons. The first-order chi connectivity index (χ1) is 16.0. The summed E-state index contributed by atoms with van der Waals surface area (Å²) in [5.41, 5.74) is 2.79. The lowest BCUT2D eigenvalue weighted by atomic mass is 10.0. The van der Waals surface area contributed by atoms with Gasteiger partial charge in [0.25, 0.3) is 0 Å². The Morgan fingerprint density at radius 3 is 2.39 bits per heavy atom. The van der Waals surface area contributed by atoms with Gasteiger partial charge in [-0.05, 0) is 41.8 Å². The number of carbonyl (C=O) groups excluding carboxylic acids is 1. The molecule has 0 spiro atoms. The summed E-state index contributed by atoms with van der Waals surface area (Å²) in [6.07, 6.45) is 1.69. The molecule has 3 N–H and O–H groups in total.